The molecule has 0 unspecified atom stereocenters. The smallest absolute Gasteiger partial charge is 0 e. The Morgan fingerprint density at radius 2 is 0.846 bits per heavy atom. The molecule has 0 heterocycles. The largest absolute Gasteiger partial charge is 0.0625 e. The first-order valence-corrected chi connectivity index (χ1v) is 5.79. The molecule has 0 N–H and O–H groups in total. The molecule has 0 aliphatic heterocycles. The van der Waals surface area contributed by atoms with Crippen molar-refractivity contribution >= 4 is 0 Å². The molecule has 78 valence electrons. The molecule has 0 aromatic carbocycles. The number of hydrogen-bond acceptors (Lipinski definition) is 0. The minimum Gasteiger partial charge on any atom is -0.0625 e. The van der Waals surface area contributed by atoms with Crippen LogP contribution in [0.4, 0.5) is 0 Å². The fraction of sp³-hybridized carbons (Fsp3) is 1.00. The van der Waals surface area contributed by atoms with E-state index in [9.17, 15) is 0 Å². The summed E-state index contributed by atoms with van der Waals surface area (Å²) < 4.78 is 0. The van der Waals surface area contributed by atoms with Crippen molar-refractivity contribution < 1.29 is 17.4 Å². The first-order valence-electron chi connectivity index (χ1n) is 5.79. The molecule has 0 spiro atoms. The van der Waals surface area contributed by atoms with Gasteiger partial charge in [0.25, 0.3) is 0 Å². The summed E-state index contributed by atoms with van der Waals surface area (Å²) in [5.41, 5.74) is 0. The van der Waals surface area contributed by atoms with Crippen LogP contribution in [0.15, 0.2) is 0 Å². The molecule has 2 aliphatic carbocycles. The Hall–Kier alpha value is 0.532. The summed E-state index contributed by atoms with van der Waals surface area (Å²) in [6.07, 6.45) is 11.9. The Balaban J connectivity index is 0.000000206. The van der Waals surface area contributed by atoms with E-state index in [0.717, 1.165) is 11.8 Å². The summed E-state index contributed by atoms with van der Waals surface area (Å²) in [4.78, 5) is 0. The van der Waals surface area contributed by atoms with Crippen LogP contribution in [0.5, 0.6) is 0 Å². The Morgan fingerprint density at radius 1 is 0.615 bits per heavy atom. The Kier molecular flexibility index (Phi) is 8.22. The molecule has 2 aliphatic rings. The molecule has 2 saturated carbocycles. The van der Waals surface area contributed by atoms with Gasteiger partial charge in [0, 0.05) is 17.4 Å². The van der Waals surface area contributed by atoms with Gasteiger partial charge in [-0.15, -0.1) is 0 Å². The van der Waals surface area contributed by atoms with E-state index >= 15 is 0 Å². The van der Waals surface area contributed by atoms with Crippen LogP contribution in [-0.4, -0.2) is 0 Å². The van der Waals surface area contributed by atoms with Gasteiger partial charge < -0.3 is 0 Å². The first kappa shape index (κ1) is 13.5. The van der Waals surface area contributed by atoms with E-state index in [1.165, 1.54) is 51.4 Å². The minimum absolute atomic E-state index is 0. The molecular weight excluding hydrogens is 196 g/mol. The van der Waals surface area contributed by atoms with E-state index in [2.05, 4.69) is 13.8 Å². The van der Waals surface area contributed by atoms with E-state index in [1.54, 1.807) is 0 Å². The van der Waals surface area contributed by atoms with Crippen LogP contribution < -0.4 is 0 Å². The van der Waals surface area contributed by atoms with Gasteiger partial charge in [0.15, 0.2) is 0 Å². The van der Waals surface area contributed by atoms with Crippen molar-refractivity contribution in [2.45, 2.75) is 65.2 Å². The second-order valence-corrected chi connectivity index (χ2v) is 4.78. The van der Waals surface area contributed by atoms with E-state index < -0.39 is 0 Å². The van der Waals surface area contributed by atoms with E-state index in [4.69, 9.17) is 0 Å². The molecular formula is C12H24Cr. The van der Waals surface area contributed by atoms with Gasteiger partial charge in [-0.1, -0.05) is 65.2 Å². The van der Waals surface area contributed by atoms with Crippen molar-refractivity contribution in [3.8, 4) is 0 Å². The predicted octanol–water partition coefficient (Wildman–Crippen LogP) is 4.39. The minimum atomic E-state index is 0. The predicted molar refractivity (Wildman–Crippen MR) is 55.3 cm³/mol. The summed E-state index contributed by atoms with van der Waals surface area (Å²) in [5, 5.41) is 0. The fourth-order valence-corrected chi connectivity index (χ4v) is 2.26. The van der Waals surface area contributed by atoms with E-state index in [-0.39, 0.29) is 17.4 Å². The SMILES string of the molecule is CC1CCCC1.CC1CCCC1.[Cr]. The van der Waals surface area contributed by atoms with Crippen LogP contribution in [0.3, 0.4) is 0 Å². The molecule has 2 rings (SSSR count). The van der Waals surface area contributed by atoms with Gasteiger partial charge in [-0.3, -0.25) is 0 Å². The van der Waals surface area contributed by atoms with Crippen molar-refractivity contribution in [3.63, 3.8) is 0 Å². The van der Waals surface area contributed by atoms with Crippen LogP contribution in [0.25, 0.3) is 0 Å². The Labute approximate surface area is 94.6 Å². The maximum Gasteiger partial charge on any atom is 0 e. The van der Waals surface area contributed by atoms with Crippen molar-refractivity contribution in [2.24, 2.45) is 11.8 Å². The van der Waals surface area contributed by atoms with Gasteiger partial charge in [0.1, 0.15) is 0 Å². The molecule has 0 amide bonds. The van der Waals surface area contributed by atoms with Gasteiger partial charge in [-0.2, -0.15) is 0 Å². The fourth-order valence-electron chi connectivity index (χ4n) is 2.26. The van der Waals surface area contributed by atoms with Crippen LogP contribution in [0, 0.1) is 11.8 Å². The third kappa shape index (κ3) is 6.58. The zero-order chi connectivity index (χ0) is 8.81. The van der Waals surface area contributed by atoms with E-state index in [1.807, 2.05) is 0 Å². The van der Waals surface area contributed by atoms with E-state index in [0.29, 0.717) is 0 Å². The Bertz CT molecular complexity index is 85.7. The molecule has 0 saturated heterocycles. The molecule has 2 fully saturated rings. The average molecular weight is 220 g/mol. The van der Waals surface area contributed by atoms with Crippen LogP contribution >= 0.6 is 0 Å². The van der Waals surface area contributed by atoms with Crippen LogP contribution in [0.2, 0.25) is 0 Å². The maximum absolute atomic E-state index is 2.34. The zero-order valence-corrected chi connectivity index (χ0v) is 10.5. The average Bonchev–Trinajstić information content (AvgIpc) is 2.63. The normalized spacial score (nSPS) is 23.5. The Morgan fingerprint density at radius 3 is 0.923 bits per heavy atom. The van der Waals surface area contributed by atoms with Gasteiger partial charge in [-0.05, 0) is 11.8 Å². The summed E-state index contributed by atoms with van der Waals surface area (Å²) in [6.45, 7) is 4.68. The van der Waals surface area contributed by atoms with Crippen molar-refractivity contribution in [1.82, 2.24) is 0 Å². The molecule has 1 heteroatoms. The molecule has 0 bridgehead atoms. The molecule has 0 aromatic heterocycles. The summed E-state index contributed by atoms with van der Waals surface area (Å²) in [5.74, 6) is 2.09. The van der Waals surface area contributed by atoms with Gasteiger partial charge in [-0.25, -0.2) is 0 Å². The molecule has 0 aromatic rings. The second kappa shape index (κ2) is 7.89. The second-order valence-electron chi connectivity index (χ2n) is 4.78. The van der Waals surface area contributed by atoms with Crippen LogP contribution in [-0.2, 0) is 17.4 Å². The summed E-state index contributed by atoms with van der Waals surface area (Å²) in [6, 6.07) is 0. The van der Waals surface area contributed by atoms with Gasteiger partial charge in [0.05, 0.1) is 0 Å². The quantitative estimate of drug-likeness (QED) is 0.568. The summed E-state index contributed by atoms with van der Waals surface area (Å²) >= 11 is 0. The molecule has 0 atom stereocenters. The number of hydrogen-bond donors (Lipinski definition) is 0. The zero-order valence-electron chi connectivity index (χ0n) is 9.22. The third-order valence-corrected chi connectivity index (χ3v) is 3.29. The first-order chi connectivity index (χ1) is 5.79. The van der Waals surface area contributed by atoms with Crippen molar-refractivity contribution in [3.05, 3.63) is 0 Å². The molecule has 0 radical (unpaired) electrons. The number of rotatable bonds is 0. The van der Waals surface area contributed by atoms with Crippen molar-refractivity contribution in [1.29, 1.82) is 0 Å². The third-order valence-electron chi connectivity index (χ3n) is 3.29. The van der Waals surface area contributed by atoms with Crippen molar-refractivity contribution in [2.75, 3.05) is 0 Å². The van der Waals surface area contributed by atoms with Gasteiger partial charge >= 0.3 is 0 Å². The monoisotopic (exact) mass is 220 g/mol. The van der Waals surface area contributed by atoms with Crippen LogP contribution in [0.1, 0.15) is 65.2 Å². The molecule has 13 heavy (non-hydrogen) atoms. The standard InChI is InChI=1S/2C6H12.Cr/c2*1-6-4-2-3-5-6;/h2*6H,2-5H2,1H3;. The molecule has 0 nitrogen and oxygen atoms in total. The maximum atomic E-state index is 2.34. The van der Waals surface area contributed by atoms with Gasteiger partial charge in [0.2, 0.25) is 0 Å². The summed E-state index contributed by atoms with van der Waals surface area (Å²) in [7, 11) is 0. The topological polar surface area (TPSA) is 0 Å².